The zero-order valence-corrected chi connectivity index (χ0v) is 12.5. The van der Waals surface area contributed by atoms with Crippen molar-refractivity contribution in [1.82, 2.24) is 0 Å². The summed E-state index contributed by atoms with van der Waals surface area (Å²) in [6, 6.07) is 3.41. The molecule has 1 aliphatic carbocycles. The minimum absolute atomic E-state index is 0.102. The summed E-state index contributed by atoms with van der Waals surface area (Å²) < 4.78 is 0. The first kappa shape index (κ1) is 17.2. The number of phenols is 2. The van der Waals surface area contributed by atoms with Gasteiger partial charge in [-0.1, -0.05) is 6.42 Å². The van der Waals surface area contributed by atoms with Crippen LogP contribution in [0.2, 0.25) is 0 Å². The molecule has 5 N–H and O–H groups in total. The summed E-state index contributed by atoms with van der Waals surface area (Å²) in [6.07, 6.45) is -0.823. The number of rotatable bonds is 5. The molecule has 0 radical (unpaired) electrons. The molecule has 126 valence electrons. The van der Waals surface area contributed by atoms with E-state index in [1.54, 1.807) is 0 Å². The summed E-state index contributed by atoms with van der Waals surface area (Å²) in [5, 5.41) is 48.4. The lowest BCUT2D eigenvalue weighted by Crippen LogP contribution is -2.51. The van der Waals surface area contributed by atoms with Crippen LogP contribution in [-0.2, 0) is 4.79 Å². The number of aliphatic hydroxyl groups excluding tert-OH is 2. The number of hydrogen-bond donors (Lipinski definition) is 5. The highest BCUT2D eigenvalue weighted by molar-refractivity contribution is 6.01. The van der Waals surface area contributed by atoms with Crippen molar-refractivity contribution in [3.63, 3.8) is 0 Å². The Morgan fingerprint density at radius 1 is 1.26 bits per heavy atom. The van der Waals surface area contributed by atoms with Crippen LogP contribution in [0.4, 0.5) is 0 Å². The Kier molecular flexibility index (Phi) is 4.91. The molecule has 1 aromatic rings. The molecular weight excluding hydrogens is 304 g/mol. The molecule has 1 saturated carbocycles. The molecular formula is C16H20O7. The number of carbonyl (C=O) groups is 2. The standard InChI is InChI=1S/C16H20O7/c17-8-9-2-1-5-16(14(9)21,15(22)23)7-13(20)11-6-10(18)3-4-12(11)19/h3-4,6,9,14,17-19,21H,1-2,5,7-8H2,(H,22,23). The molecule has 2 rings (SSSR count). The van der Waals surface area contributed by atoms with Crippen molar-refractivity contribution in [3.8, 4) is 11.5 Å². The summed E-state index contributed by atoms with van der Waals surface area (Å²) in [5.41, 5.74) is -1.90. The molecule has 0 bridgehead atoms. The van der Waals surface area contributed by atoms with Crippen LogP contribution in [0.3, 0.4) is 0 Å². The molecule has 0 amide bonds. The van der Waals surface area contributed by atoms with E-state index in [-0.39, 0.29) is 30.1 Å². The number of benzene rings is 1. The number of aromatic hydroxyl groups is 2. The summed E-state index contributed by atoms with van der Waals surface area (Å²) in [4.78, 5) is 24.2. The summed E-state index contributed by atoms with van der Waals surface area (Å²) >= 11 is 0. The molecule has 7 nitrogen and oxygen atoms in total. The SMILES string of the molecule is O=C(CC1(C(=O)O)CCCC(CO)C1O)c1cc(O)ccc1O. The van der Waals surface area contributed by atoms with Crippen LogP contribution >= 0.6 is 0 Å². The first-order valence-corrected chi connectivity index (χ1v) is 7.39. The molecule has 1 aromatic carbocycles. The first-order chi connectivity index (χ1) is 10.8. The minimum Gasteiger partial charge on any atom is -0.508 e. The lowest BCUT2D eigenvalue weighted by molar-refractivity contribution is -0.165. The Labute approximate surface area is 132 Å². The topological polar surface area (TPSA) is 135 Å². The normalized spacial score (nSPS) is 27.6. The van der Waals surface area contributed by atoms with E-state index in [1.807, 2.05) is 0 Å². The number of carboxylic acid groups (broad SMARTS) is 1. The average molecular weight is 324 g/mol. The van der Waals surface area contributed by atoms with Gasteiger partial charge in [-0.3, -0.25) is 9.59 Å². The number of aliphatic hydroxyl groups is 2. The number of phenolic OH excluding ortho intramolecular Hbond substituents is 2. The maximum absolute atomic E-state index is 12.4. The Morgan fingerprint density at radius 3 is 2.57 bits per heavy atom. The quantitative estimate of drug-likeness (QED) is 0.401. The van der Waals surface area contributed by atoms with Crippen LogP contribution in [0, 0.1) is 11.3 Å². The van der Waals surface area contributed by atoms with E-state index in [1.165, 1.54) is 6.07 Å². The zero-order chi connectivity index (χ0) is 17.2. The number of carboxylic acids is 1. The molecule has 3 unspecified atom stereocenters. The van der Waals surface area contributed by atoms with Gasteiger partial charge >= 0.3 is 5.97 Å². The third-order valence-electron chi connectivity index (χ3n) is 4.63. The van der Waals surface area contributed by atoms with Crippen molar-refractivity contribution in [2.45, 2.75) is 31.8 Å². The van der Waals surface area contributed by atoms with Gasteiger partial charge in [0.05, 0.1) is 11.7 Å². The van der Waals surface area contributed by atoms with Gasteiger partial charge in [0.2, 0.25) is 0 Å². The van der Waals surface area contributed by atoms with E-state index >= 15 is 0 Å². The molecule has 3 atom stereocenters. The zero-order valence-electron chi connectivity index (χ0n) is 12.5. The summed E-state index contributed by atoms with van der Waals surface area (Å²) in [6.45, 7) is -0.359. The van der Waals surface area contributed by atoms with Gasteiger partial charge in [0.15, 0.2) is 5.78 Å². The fraction of sp³-hybridized carbons (Fsp3) is 0.500. The van der Waals surface area contributed by atoms with E-state index in [9.17, 15) is 35.1 Å². The van der Waals surface area contributed by atoms with Crippen molar-refractivity contribution in [2.75, 3.05) is 6.61 Å². The molecule has 0 heterocycles. The van der Waals surface area contributed by atoms with Gasteiger partial charge in [0.25, 0.3) is 0 Å². The third kappa shape index (κ3) is 3.16. The maximum Gasteiger partial charge on any atom is 0.312 e. The second-order valence-electron chi connectivity index (χ2n) is 6.04. The highest BCUT2D eigenvalue weighted by atomic mass is 16.4. The second-order valence-corrected chi connectivity index (χ2v) is 6.04. The molecule has 0 aromatic heterocycles. The molecule has 0 spiro atoms. The lowest BCUT2D eigenvalue weighted by Gasteiger charge is -2.41. The second kappa shape index (κ2) is 6.55. The van der Waals surface area contributed by atoms with Crippen LogP contribution in [0.15, 0.2) is 18.2 Å². The Balaban J connectivity index is 2.34. The molecule has 23 heavy (non-hydrogen) atoms. The number of Topliss-reactive ketones (excluding diaryl/α,β-unsaturated/α-hetero) is 1. The van der Waals surface area contributed by atoms with E-state index in [2.05, 4.69) is 0 Å². The Bertz CT molecular complexity index is 612. The number of aliphatic carboxylic acids is 1. The minimum atomic E-state index is -1.71. The fourth-order valence-corrected chi connectivity index (χ4v) is 3.26. The predicted octanol–water partition coefficient (Wildman–Crippen LogP) is 0.895. The largest absolute Gasteiger partial charge is 0.508 e. The van der Waals surface area contributed by atoms with Crippen LogP contribution in [-0.4, -0.2) is 50.0 Å². The van der Waals surface area contributed by atoms with Gasteiger partial charge in [-0.2, -0.15) is 0 Å². The van der Waals surface area contributed by atoms with Gasteiger partial charge < -0.3 is 25.5 Å². The lowest BCUT2D eigenvalue weighted by atomic mass is 9.64. The molecule has 1 aliphatic rings. The van der Waals surface area contributed by atoms with E-state index in [4.69, 9.17) is 0 Å². The average Bonchev–Trinajstić information content (AvgIpc) is 2.51. The summed E-state index contributed by atoms with van der Waals surface area (Å²) in [7, 11) is 0. The van der Waals surface area contributed by atoms with Crippen LogP contribution in [0.1, 0.15) is 36.0 Å². The number of hydrogen-bond acceptors (Lipinski definition) is 6. The van der Waals surface area contributed by atoms with E-state index in [0.29, 0.717) is 12.8 Å². The fourth-order valence-electron chi connectivity index (χ4n) is 3.26. The molecule has 0 aliphatic heterocycles. The molecule has 0 saturated heterocycles. The Hall–Kier alpha value is -2.12. The molecule has 7 heteroatoms. The smallest absolute Gasteiger partial charge is 0.312 e. The van der Waals surface area contributed by atoms with Crippen LogP contribution in [0.5, 0.6) is 11.5 Å². The van der Waals surface area contributed by atoms with Gasteiger partial charge in [0, 0.05) is 18.9 Å². The first-order valence-electron chi connectivity index (χ1n) is 7.39. The highest BCUT2D eigenvalue weighted by Crippen LogP contribution is 2.44. The summed E-state index contributed by atoms with van der Waals surface area (Å²) in [5.74, 6) is -3.19. The Morgan fingerprint density at radius 2 is 1.96 bits per heavy atom. The predicted molar refractivity (Wildman–Crippen MR) is 79.2 cm³/mol. The van der Waals surface area contributed by atoms with Gasteiger partial charge in [-0.15, -0.1) is 0 Å². The van der Waals surface area contributed by atoms with Crippen LogP contribution < -0.4 is 0 Å². The van der Waals surface area contributed by atoms with E-state index < -0.39 is 35.6 Å². The van der Waals surface area contributed by atoms with E-state index in [0.717, 1.165) is 12.1 Å². The number of carbonyl (C=O) groups excluding carboxylic acids is 1. The van der Waals surface area contributed by atoms with Crippen molar-refractivity contribution in [2.24, 2.45) is 11.3 Å². The van der Waals surface area contributed by atoms with Crippen molar-refractivity contribution in [3.05, 3.63) is 23.8 Å². The van der Waals surface area contributed by atoms with Gasteiger partial charge in [-0.25, -0.2) is 0 Å². The molecule has 1 fully saturated rings. The number of ketones is 1. The monoisotopic (exact) mass is 324 g/mol. The van der Waals surface area contributed by atoms with Gasteiger partial charge in [-0.05, 0) is 31.0 Å². The van der Waals surface area contributed by atoms with Crippen molar-refractivity contribution in [1.29, 1.82) is 0 Å². The third-order valence-corrected chi connectivity index (χ3v) is 4.63. The van der Waals surface area contributed by atoms with Gasteiger partial charge in [0.1, 0.15) is 16.9 Å². The van der Waals surface area contributed by atoms with Crippen molar-refractivity contribution >= 4 is 11.8 Å². The van der Waals surface area contributed by atoms with Crippen LogP contribution in [0.25, 0.3) is 0 Å². The van der Waals surface area contributed by atoms with Crippen molar-refractivity contribution < 1.29 is 35.1 Å². The highest BCUT2D eigenvalue weighted by Gasteiger charge is 2.51. The maximum atomic E-state index is 12.4.